The van der Waals surface area contributed by atoms with Crippen LogP contribution in [0.5, 0.6) is 0 Å². The molecule has 124 valence electrons. The SMILES string of the molecule is CN(Cc1ccnc(N2CCOCC2)n1)CC1(C)COC1.Cl. The Morgan fingerprint density at radius 1 is 1.27 bits per heavy atom. The molecule has 0 radical (unpaired) electrons. The van der Waals surface area contributed by atoms with Gasteiger partial charge in [0.05, 0.1) is 32.1 Å². The van der Waals surface area contributed by atoms with Crippen molar-refractivity contribution in [2.45, 2.75) is 13.5 Å². The predicted octanol–water partition coefficient (Wildman–Crippen LogP) is 1.20. The summed E-state index contributed by atoms with van der Waals surface area (Å²) in [6.07, 6.45) is 1.86. The minimum Gasteiger partial charge on any atom is -0.380 e. The molecule has 2 saturated heterocycles. The molecule has 0 saturated carbocycles. The van der Waals surface area contributed by atoms with Crippen LogP contribution in [-0.4, -0.2) is 68.0 Å². The largest absolute Gasteiger partial charge is 0.380 e. The Morgan fingerprint density at radius 3 is 2.64 bits per heavy atom. The number of nitrogens with zero attached hydrogens (tertiary/aromatic N) is 4. The number of morpholine rings is 1. The van der Waals surface area contributed by atoms with Crippen molar-refractivity contribution in [2.75, 3.05) is 58.0 Å². The van der Waals surface area contributed by atoms with Crippen LogP contribution >= 0.6 is 12.4 Å². The Morgan fingerprint density at radius 2 is 2.00 bits per heavy atom. The summed E-state index contributed by atoms with van der Waals surface area (Å²) in [6, 6.07) is 2.00. The number of halogens is 1. The van der Waals surface area contributed by atoms with Gasteiger partial charge in [0.25, 0.3) is 0 Å². The summed E-state index contributed by atoms with van der Waals surface area (Å²) in [5.41, 5.74) is 1.37. The summed E-state index contributed by atoms with van der Waals surface area (Å²) < 4.78 is 10.7. The maximum Gasteiger partial charge on any atom is 0.225 e. The lowest BCUT2D eigenvalue weighted by Crippen LogP contribution is -2.47. The number of hydrogen-bond acceptors (Lipinski definition) is 6. The second-order valence-corrected chi connectivity index (χ2v) is 6.42. The molecular weight excluding hydrogens is 304 g/mol. The topological polar surface area (TPSA) is 50.7 Å². The maximum absolute atomic E-state index is 5.37. The highest BCUT2D eigenvalue weighted by molar-refractivity contribution is 5.85. The molecule has 7 heteroatoms. The molecular formula is C15H25ClN4O2. The Balaban J connectivity index is 0.00000176. The monoisotopic (exact) mass is 328 g/mol. The minimum absolute atomic E-state index is 0. The van der Waals surface area contributed by atoms with Gasteiger partial charge in [-0.3, -0.25) is 4.90 Å². The van der Waals surface area contributed by atoms with E-state index in [2.05, 4.69) is 28.8 Å². The summed E-state index contributed by atoms with van der Waals surface area (Å²) >= 11 is 0. The molecule has 0 amide bonds. The van der Waals surface area contributed by atoms with Gasteiger partial charge in [-0.15, -0.1) is 12.4 Å². The lowest BCUT2D eigenvalue weighted by Gasteiger charge is -2.40. The van der Waals surface area contributed by atoms with Crippen molar-refractivity contribution >= 4 is 18.4 Å². The maximum atomic E-state index is 5.37. The quantitative estimate of drug-likeness (QED) is 0.809. The van der Waals surface area contributed by atoms with E-state index in [0.29, 0.717) is 5.41 Å². The third kappa shape index (κ3) is 4.29. The second-order valence-electron chi connectivity index (χ2n) is 6.42. The second kappa shape index (κ2) is 7.55. The van der Waals surface area contributed by atoms with E-state index in [1.807, 2.05) is 12.3 Å². The van der Waals surface area contributed by atoms with Crippen LogP contribution in [0, 0.1) is 5.41 Å². The van der Waals surface area contributed by atoms with Crippen molar-refractivity contribution in [3.8, 4) is 0 Å². The Bertz CT molecular complexity index is 478. The number of rotatable bonds is 5. The molecule has 3 rings (SSSR count). The highest BCUT2D eigenvalue weighted by Gasteiger charge is 2.34. The average Bonchev–Trinajstić information content (AvgIpc) is 2.47. The highest BCUT2D eigenvalue weighted by Crippen LogP contribution is 2.27. The summed E-state index contributed by atoms with van der Waals surface area (Å²) in [5.74, 6) is 0.822. The number of aromatic nitrogens is 2. The fourth-order valence-electron chi connectivity index (χ4n) is 2.91. The van der Waals surface area contributed by atoms with E-state index in [4.69, 9.17) is 14.5 Å². The van der Waals surface area contributed by atoms with Crippen LogP contribution in [0.3, 0.4) is 0 Å². The molecule has 0 aliphatic carbocycles. The Labute approximate surface area is 138 Å². The molecule has 1 aromatic rings. The van der Waals surface area contributed by atoms with Crippen LogP contribution in [-0.2, 0) is 16.0 Å². The summed E-state index contributed by atoms with van der Waals surface area (Å²) in [7, 11) is 2.14. The van der Waals surface area contributed by atoms with Gasteiger partial charge in [0.2, 0.25) is 5.95 Å². The van der Waals surface area contributed by atoms with Gasteiger partial charge < -0.3 is 14.4 Å². The van der Waals surface area contributed by atoms with Crippen molar-refractivity contribution in [3.05, 3.63) is 18.0 Å². The van der Waals surface area contributed by atoms with Crippen LogP contribution in [0.4, 0.5) is 5.95 Å². The molecule has 0 unspecified atom stereocenters. The zero-order chi connectivity index (χ0) is 14.7. The standard InChI is InChI=1S/C15H24N4O2.ClH/c1-15(11-21-12-15)10-18(2)9-13-3-4-16-14(17-13)19-5-7-20-8-6-19;/h3-4H,5-12H2,1-2H3;1H. The first-order valence-corrected chi connectivity index (χ1v) is 7.56. The van der Waals surface area contributed by atoms with Crippen LogP contribution in [0.15, 0.2) is 12.3 Å². The lowest BCUT2D eigenvalue weighted by atomic mass is 9.88. The molecule has 0 atom stereocenters. The number of hydrogen-bond donors (Lipinski definition) is 0. The van der Waals surface area contributed by atoms with Crippen molar-refractivity contribution < 1.29 is 9.47 Å². The van der Waals surface area contributed by atoms with Gasteiger partial charge in [0, 0.05) is 37.8 Å². The van der Waals surface area contributed by atoms with E-state index >= 15 is 0 Å². The molecule has 0 N–H and O–H groups in total. The van der Waals surface area contributed by atoms with Gasteiger partial charge in [-0.2, -0.15) is 0 Å². The van der Waals surface area contributed by atoms with Crippen molar-refractivity contribution in [2.24, 2.45) is 5.41 Å². The molecule has 0 bridgehead atoms. The highest BCUT2D eigenvalue weighted by atomic mass is 35.5. The first-order valence-electron chi connectivity index (χ1n) is 7.56. The van der Waals surface area contributed by atoms with Gasteiger partial charge in [-0.1, -0.05) is 6.92 Å². The van der Waals surface area contributed by atoms with Crippen LogP contribution in [0.2, 0.25) is 0 Å². The van der Waals surface area contributed by atoms with Gasteiger partial charge in [0.15, 0.2) is 0 Å². The third-order valence-electron chi connectivity index (χ3n) is 3.98. The van der Waals surface area contributed by atoms with Crippen molar-refractivity contribution in [3.63, 3.8) is 0 Å². The molecule has 2 aliphatic rings. The van der Waals surface area contributed by atoms with Gasteiger partial charge >= 0.3 is 0 Å². The molecule has 0 spiro atoms. The van der Waals surface area contributed by atoms with Crippen molar-refractivity contribution in [1.82, 2.24) is 14.9 Å². The Kier molecular flexibility index (Phi) is 5.97. The average molecular weight is 329 g/mol. The van der Waals surface area contributed by atoms with Gasteiger partial charge in [-0.25, -0.2) is 9.97 Å². The Hall–Kier alpha value is -0.950. The van der Waals surface area contributed by atoms with Crippen LogP contribution < -0.4 is 4.90 Å². The van der Waals surface area contributed by atoms with Gasteiger partial charge in [-0.05, 0) is 13.1 Å². The fraction of sp³-hybridized carbons (Fsp3) is 0.733. The van der Waals surface area contributed by atoms with Crippen molar-refractivity contribution in [1.29, 1.82) is 0 Å². The molecule has 6 nitrogen and oxygen atoms in total. The fourth-order valence-corrected chi connectivity index (χ4v) is 2.91. The van der Waals surface area contributed by atoms with E-state index < -0.39 is 0 Å². The van der Waals surface area contributed by atoms with E-state index in [9.17, 15) is 0 Å². The van der Waals surface area contributed by atoms with E-state index in [1.54, 1.807) is 0 Å². The first kappa shape index (κ1) is 17.4. The normalized spacial score (nSPS) is 20.4. The molecule has 2 fully saturated rings. The first-order chi connectivity index (χ1) is 10.1. The third-order valence-corrected chi connectivity index (χ3v) is 3.98. The zero-order valence-corrected chi connectivity index (χ0v) is 14.1. The number of ether oxygens (including phenoxy) is 2. The smallest absolute Gasteiger partial charge is 0.225 e. The van der Waals surface area contributed by atoms with E-state index in [-0.39, 0.29) is 12.4 Å². The van der Waals surface area contributed by atoms with Gasteiger partial charge in [0.1, 0.15) is 0 Å². The molecule has 22 heavy (non-hydrogen) atoms. The summed E-state index contributed by atoms with van der Waals surface area (Å²) in [5, 5.41) is 0. The number of anilines is 1. The lowest BCUT2D eigenvalue weighted by molar-refractivity contribution is -0.113. The van der Waals surface area contributed by atoms with E-state index in [1.165, 1.54) is 0 Å². The zero-order valence-electron chi connectivity index (χ0n) is 13.3. The van der Waals surface area contributed by atoms with Crippen LogP contribution in [0.25, 0.3) is 0 Å². The molecule has 2 aliphatic heterocycles. The van der Waals surface area contributed by atoms with E-state index in [0.717, 1.165) is 64.2 Å². The summed E-state index contributed by atoms with van der Waals surface area (Å²) in [6.45, 7) is 9.12. The molecule has 3 heterocycles. The minimum atomic E-state index is 0. The molecule has 1 aromatic heterocycles. The van der Waals surface area contributed by atoms with Crippen LogP contribution in [0.1, 0.15) is 12.6 Å². The predicted molar refractivity (Wildman–Crippen MR) is 87.6 cm³/mol. The molecule has 0 aromatic carbocycles. The summed E-state index contributed by atoms with van der Waals surface area (Å²) in [4.78, 5) is 13.6.